The van der Waals surface area contributed by atoms with Gasteiger partial charge in [-0.15, -0.1) is 0 Å². The van der Waals surface area contributed by atoms with Gasteiger partial charge in [0.15, 0.2) is 0 Å². The maximum Gasteiger partial charge on any atom is 0.124 e. The third-order valence-electron chi connectivity index (χ3n) is 3.42. The third-order valence-corrected chi connectivity index (χ3v) is 3.42. The van der Waals surface area contributed by atoms with Crippen molar-refractivity contribution in [2.75, 3.05) is 12.4 Å². The molecule has 0 aliphatic rings. The van der Waals surface area contributed by atoms with Crippen LogP contribution in [0.25, 0.3) is 0 Å². The molecule has 2 aromatic rings. The summed E-state index contributed by atoms with van der Waals surface area (Å²) in [7, 11) is 1.69. The molecule has 2 rings (SSSR count). The molecule has 0 aliphatic carbocycles. The minimum atomic E-state index is 0.0287. The highest BCUT2D eigenvalue weighted by atomic mass is 16.5. The Labute approximate surface area is 120 Å². The molecule has 0 bridgehead atoms. The van der Waals surface area contributed by atoms with Crippen molar-refractivity contribution in [3.8, 4) is 5.75 Å². The average molecular weight is 271 g/mol. The van der Waals surface area contributed by atoms with E-state index in [4.69, 9.17) is 4.74 Å². The van der Waals surface area contributed by atoms with Crippen LogP contribution < -0.4 is 10.1 Å². The summed E-state index contributed by atoms with van der Waals surface area (Å²) in [6, 6.07) is 14.1. The van der Waals surface area contributed by atoms with Gasteiger partial charge in [-0.25, -0.2) is 0 Å². The number of nitrogens with one attached hydrogen (secondary N) is 1. The Bertz CT molecular complexity index is 581. The van der Waals surface area contributed by atoms with E-state index in [1.54, 1.807) is 7.11 Å². The Morgan fingerprint density at radius 3 is 2.65 bits per heavy atom. The lowest BCUT2D eigenvalue weighted by Crippen LogP contribution is -2.10. The number of aryl methyl sites for hydroxylation is 1. The van der Waals surface area contributed by atoms with E-state index >= 15 is 0 Å². The monoisotopic (exact) mass is 271 g/mol. The van der Waals surface area contributed by atoms with Gasteiger partial charge in [0.1, 0.15) is 5.75 Å². The first-order valence-electron chi connectivity index (χ1n) is 6.75. The van der Waals surface area contributed by atoms with Crippen LogP contribution in [0.5, 0.6) is 5.75 Å². The van der Waals surface area contributed by atoms with Crippen molar-refractivity contribution >= 4 is 5.69 Å². The number of anilines is 1. The van der Waals surface area contributed by atoms with Gasteiger partial charge < -0.3 is 15.2 Å². The van der Waals surface area contributed by atoms with Crippen LogP contribution in [-0.4, -0.2) is 12.2 Å². The minimum Gasteiger partial charge on any atom is -0.496 e. The maximum absolute atomic E-state index is 9.37. The quantitative estimate of drug-likeness (QED) is 0.872. The molecule has 0 radical (unpaired) electrons. The van der Waals surface area contributed by atoms with Crippen LogP contribution in [0.1, 0.15) is 29.7 Å². The molecule has 0 spiro atoms. The molecule has 0 aromatic heterocycles. The summed E-state index contributed by atoms with van der Waals surface area (Å²) < 4.78 is 5.45. The Kier molecular flexibility index (Phi) is 4.64. The second-order valence-electron chi connectivity index (χ2n) is 4.93. The van der Waals surface area contributed by atoms with Gasteiger partial charge in [0.25, 0.3) is 0 Å². The molecule has 20 heavy (non-hydrogen) atoms. The predicted octanol–water partition coefficient (Wildman–Crippen LogP) is 3.67. The number of methoxy groups -OCH3 is 1. The predicted molar refractivity (Wildman–Crippen MR) is 82.1 cm³/mol. The molecule has 3 nitrogen and oxygen atoms in total. The number of hydrogen-bond donors (Lipinski definition) is 2. The highest BCUT2D eigenvalue weighted by molar-refractivity contribution is 5.53. The molecule has 2 aromatic carbocycles. The van der Waals surface area contributed by atoms with Crippen molar-refractivity contribution in [3.05, 3.63) is 59.2 Å². The lowest BCUT2D eigenvalue weighted by atomic mass is 10.0. The summed E-state index contributed by atoms with van der Waals surface area (Å²) in [5.74, 6) is 0.881. The molecule has 0 fully saturated rings. The number of para-hydroxylation sites is 1. The molecule has 0 saturated carbocycles. The first kappa shape index (κ1) is 14.4. The van der Waals surface area contributed by atoms with E-state index < -0.39 is 0 Å². The number of aliphatic hydroxyl groups is 1. The Morgan fingerprint density at radius 2 is 1.95 bits per heavy atom. The van der Waals surface area contributed by atoms with E-state index in [9.17, 15) is 5.11 Å². The number of benzene rings is 2. The molecule has 0 aliphatic heterocycles. The average Bonchev–Trinajstić information content (AvgIpc) is 2.47. The molecule has 0 amide bonds. The second kappa shape index (κ2) is 6.44. The summed E-state index contributed by atoms with van der Waals surface area (Å²) >= 11 is 0. The van der Waals surface area contributed by atoms with Crippen molar-refractivity contribution in [1.29, 1.82) is 0 Å². The fourth-order valence-corrected chi connectivity index (χ4v) is 2.29. The van der Waals surface area contributed by atoms with E-state index in [1.807, 2.05) is 37.3 Å². The van der Waals surface area contributed by atoms with Gasteiger partial charge in [-0.3, -0.25) is 0 Å². The highest BCUT2D eigenvalue weighted by Crippen LogP contribution is 2.29. The van der Waals surface area contributed by atoms with Crippen LogP contribution >= 0.6 is 0 Å². The highest BCUT2D eigenvalue weighted by Gasteiger charge is 2.12. The first-order valence-corrected chi connectivity index (χ1v) is 6.75. The van der Waals surface area contributed by atoms with Crippen LogP contribution in [0.3, 0.4) is 0 Å². The van der Waals surface area contributed by atoms with Gasteiger partial charge in [-0.1, -0.05) is 30.3 Å². The van der Waals surface area contributed by atoms with Crippen molar-refractivity contribution < 1.29 is 9.84 Å². The van der Waals surface area contributed by atoms with Crippen LogP contribution in [0.4, 0.5) is 5.69 Å². The Balaban J connectivity index is 2.26. The maximum atomic E-state index is 9.37. The molecule has 2 N–H and O–H groups in total. The lowest BCUT2D eigenvalue weighted by Gasteiger charge is -2.20. The SMILES string of the molecule is COc1cc(C)ccc1C(C)Nc1ccccc1CO. The Morgan fingerprint density at radius 1 is 1.20 bits per heavy atom. The number of rotatable bonds is 5. The molecular formula is C17H21NO2. The van der Waals surface area contributed by atoms with Crippen LogP contribution in [0, 0.1) is 6.92 Å². The fraction of sp³-hybridized carbons (Fsp3) is 0.294. The molecule has 3 heteroatoms. The largest absolute Gasteiger partial charge is 0.496 e. The zero-order valence-electron chi connectivity index (χ0n) is 12.2. The standard InChI is InChI=1S/C17H21NO2/c1-12-8-9-15(17(10-12)20-3)13(2)18-16-7-5-4-6-14(16)11-19/h4-10,13,18-19H,11H2,1-3H3. The van der Waals surface area contributed by atoms with Gasteiger partial charge in [-0.05, 0) is 31.5 Å². The number of ether oxygens (including phenoxy) is 1. The summed E-state index contributed by atoms with van der Waals surface area (Å²) in [5, 5.41) is 12.8. The van der Waals surface area contributed by atoms with Gasteiger partial charge >= 0.3 is 0 Å². The van der Waals surface area contributed by atoms with Crippen molar-refractivity contribution in [3.63, 3.8) is 0 Å². The van der Waals surface area contributed by atoms with E-state index in [0.717, 1.165) is 22.6 Å². The number of hydrogen-bond acceptors (Lipinski definition) is 3. The van der Waals surface area contributed by atoms with Crippen molar-refractivity contribution in [2.45, 2.75) is 26.5 Å². The summed E-state index contributed by atoms with van der Waals surface area (Å²) in [4.78, 5) is 0. The third kappa shape index (κ3) is 3.11. The normalized spacial score (nSPS) is 12.0. The van der Waals surface area contributed by atoms with E-state index in [1.165, 1.54) is 5.56 Å². The summed E-state index contributed by atoms with van der Waals surface area (Å²) in [5.41, 5.74) is 4.12. The van der Waals surface area contributed by atoms with Gasteiger partial charge in [0, 0.05) is 16.8 Å². The van der Waals surface area contributed by atoms with E-state index in [0.29, 0.717) is 0 Å². The molecule has 1 unspecified atom stereocenters. The molecule has 0 saturated heterocycles. The van der Waals surface area contributed by atoms with Crippen LogP contribution in [0.15, 0.2) is 42.5 Å². The van der Waals surface area contributed by atoms with E-state index in [-0.39, 0.29) is 12.6 Å². The summed E-state index contributed by atoms with van der Waals surface area (Å²) in [6.07, 6.45) is 0. The zero-order valence-corrected chi connectivity index (χ0v) is 12.2. The number of aliphatic hydroxyl groups excluding tert-OH is 1. The van der Waals surface area contributed by atoms with Crippen molar-refractivity contribution in [1.82, 2.24) is 0 Å². The fourth-order valence-electron chi connectivity index (χ4n) is 2.29. The zero-order chi connectivity index (χ0) is 14.5. The van der Waals surface area contributed by atoms with Gasteiger partial charge in [-0.2, -0.15) is 0 Å². The van der Waals surface area contributed by atoms with Crippen molar-refractivity contribution in [2.24, 2.45) is 0 Å². The molecule has 1 atom stereocenters. The summed E-state index contributed by atoms with van der Waals surface area (Å²) in [6.45, 7) is 4.16. The minimum absolute atomic E-state index is 0.0287. The van der Waals surface area contributed by atoms with Gasteiger partial charge in [0.2, 0.25) is 0 Å². The smallest absolute Gasteiger partial charge is 0.124 e. The molecule has 0 heterocycles. The Hall–Kier alpha value is -2.00. The first-order chi connectivity index (χ1) is 9.65. The topological polar surface area (TPSA) is 41.5 Å². The second-order valence-corrected chi connectivity index (χ2v) is 4.93. The molecular weight excluding hydrogens is 250 g/mol. The van der Waals surface area contributed by atoms with Crippen LogP contribution in [-0.2, 0) is 6.61 Å². The van der Waals surface area contributed by atoms with E-state index in [2.05, 4.69) is 24.4 Å². The van der Waals surface area contributed by atoms with Gasteiger partial charge in [0.05, 0.1) is 19.8 Å². The molecule has 106 valence electrons. The lowest BCUT2D eigenvalue weighted by molar-refractivity contribution is 0.282. The van der Waals surface area contributed by atoms with Crippen LogP contribution in [0.2, 0.25) is 0 Å².